The summed E-state index contributed by atoms with van der Waals surface area (Å²) in [5.74, 6) is -0.163. The van der Waals surface area contributed by atoms with Crippen LogP contribution in [0.4, 0.5) is 0 Å². The highest BCUT2D eigenvalue weighted by Crippen LogP contribution is 2.37. The van der Waals surface area contributed by atoms with Crippen LogP contribution in [0.2, 0.25) is 0 Å². The van der Waals surface area contributed by atoms with Gasteiger partial charge < -0.3 is 4.74 Å². The molecule has 2 aromatic heterocycles. The predicted molar refractivity (Wildman–Crippen MR) is 74.4 cm³/mol. The van der Waals surface area contributed by atoms with Gasteiger partial charge in [0.25, 0.3) is 0 Å². The molecule has 0 spiro atoms. The van der Waals surface area contributed by atoms with Gasteiger partial charge in [0, 0.05) is 5.39 Å². The summed E-state index contributed by atoms with van der Waals surface area (Å²) in [6.45, 7) is 6.71. The van der Waals surface area contributed by atoms with E-state index in [1.54, 1.807) is 22.7 Å². The number of ether oxygens (including phenoxy) is 1. The van der Waals surface area contributed by atoms with E-state index in [0.29, 0.717) is 6.61 Å². The van der Waals surface area contributed by atoms with E-state index in [1.807, 2.05) is 6.92 Å². The first-order valence-corrected chi connectivity index (χ1v) is 7.49. The summed E-state index contributed by atoms with van der Waals surface area (Å²) in [4.78, 5) is 12.7. The minimum atomic E-state index is -0.163. The number of fused-ring (bicyclic) bond motifs is 1. The average Bonchev–Trinajstić information content (AvgIpc) is 2.81. The zero-order chi connectivity index (χ0) is 12.4. The molecule has 92 valence electrons. The molecule has 4 heteroatoms. The minimum absolute atomic E-state index is 0.163. The molecule has 0 saturated heterocycles. The van der Waals surface area contributed by atoms with Crippen molar-refractivity contribution < 1.29 is 9.53 Å². The summed E-state index contributed by atoms with van der Waals surface area (Å²) < 4.78 is 6.49. The Kier molecular flexibility index (Phi) is 3.84. The molecule has 2 rings (SSSR count). The van der Waals surface area contributed by atoms with Crippen LogP contribution in [0.3, 0.4) is 0 Å². The van der Waals surface area contributed by atoms with Gasteiger partial charge in [0.2, 0.25) is 0 Å². The molecule has 0 bridgehead atoms. The van der Waals surface area contributed by atoms with Crippen molar-refractivity contribution in [3.8, 4) is 0 Å². The summed E-state index contributed by atoms with van der Waals surface area (Å²) in [7, 11) is 0. The number of aryl methyl sites for hydroxylation is 2. The van der Waals surface area contributed by atoms with E-state index < -0.39 is 0 Å². The van der Waals surface area contributed by atoms with Gasteiger partial charge in [-0.05, 0) is 36.8 Å². The molecule has 0 aliphatic carbocycles. The predicted octanol–water partition coefficient (Wildman–Crippen LogP) is 4.54. The topological polar surface area (TPSA) is 26.3 Å². The van der Waals surface area contributed by atoms with Gasteiger partial charge >= 0.3 is 5.97 Å². The Morgan fingerprint density at radius 1 is 1.41 bits per heavy atom. The number of carbonyl (C=O) groups is 1. The Bertz CT molecular complexity index is 537. The Labute approximate surface area is 109 Å². The lowest BCUT2D eigenvalue weighted by molar-refractivity contribution is 0.0505. The quantitative estimate of drug-likeness (QED) is 0.601. The van der Waals surface area contributed by atoms with Crippen molar-refractivity contribution in [2.24, 2.45) is 0 Å². The van der Waals surface area contributed by atoms with Gasteiger partial charge in [0.15, 0.2) is 0 Å². The Balaban J connectivity index is 2.23. The average molecular weight is 268 g/mol. The summed E-state index contributed by atoms with van der Waals surface area (Å²) in [5, 5.41) is 3.38. The van der Waals surface area contributed by atoms with Gasteiger partial charge in [-0.2, -0.15) is 0 Å². The number of esters is 1. The zero-order valence-corrected chi connectivity index (χ0v) is 12.0. The summed E-state index contributed by atoms with van der Waals surface area (Å²) in [5.41, 5.74) is 2.33. The first kappa shape index (κ1) is 12.6. The molecule has 2 nitrogen and oxygen atoms in total. The first-order valence-electron chi connectivity index (χ1n) is 5.79. The van der Waals surface area contributed by atoms with Crippen LogP contribution >= 0.6 is 22.7 Å². The van der Waals surface area contributed by atoms with Crippen LogP contribution in [0.1, 0.15) is 40.6 Å². The van der Waals surface area contributed by atoms with Crippen molar-refractivity contribution in [1.82, 2.24) is 0 Å². The molecular formula is C13H16O2S2. The second-order valence-corrected chi connectivity index (χ2v) is 6.29. The molecule has 2 heterocycles. The number of hydrogen-bond acceptors (Lipinski definition) is 4. The molecule has 0 amide bonds. The number of rotatable bonds is 4. The molecule has 0 aliphatic rings. The first-order chi connectivity index (χ1) is 8.15. The smallest absolute Gasteiger partial charge is 0.348 e. The Hall–Kier alpha value is -0.870. The van der Waals surface area contributed by atoms with Crippen molar-refractivity contribution >= 4 is 38.0 Å². The van der Waals surface area contributed by atoms with Gasteiger partial charge in [-0.25, -0.2) is 4.79 Å². The maximum absolute atomic E-state index is 11.9. The van der Waals surface area contributed by atoms with Gasteiger partial charge in [-0.1, -0.05) is 13.3 Å². The van der Waals surface area contributed by atoms with Crippen molar-refractivity contribution in [3.05, 3.63) is 21.4 Å². The fraction of sp³-hybridized carbons (Fsp3) is 0.462. The number of unbranched alkanes of at least 4 members (excludes halogenated alkanes) is 1. The van der Waals surface area contributed by atoms with E-state index in [9.17, 15) is 4.79 Å². The van der Waals surface area contributed by atoms with E-state index in [-0.39, 0.29) is 5.97 Å². The molecular weight excluding hydrogens is 252 g/mol. The summed E-state index contributed by atoms with van der Waals surface area (Å²) >= 11 is 3.26. The number of hydrogen-bond donors (Lipinski definition) is 0. The highest BCUT2D eigenvalue weighted by atomic mass is 32.2. The Morgan fingerprint density at radius 2 is 2.18 bits per heavy atom. The summed E-state index contributed by atoms with van der Waals surface area (Å²) in [6.07, 6.45) is 1.98. The van der Waals surface area contributed by atoms with E-state index >= 15 is 0 Å². The number of thiophene rings is 2. The van der Waals surface area contributed by atoms with E-state index in [2.05, 4.69) is 19.2 Å². The maximum atomic E-state index is 11.9. The van der Waals surface area contributed by atoms with Gasteiger partial charge in [-0.3, -0.25) is 0 Å². The second kappa shape index (κ2) is 5.19. The fourth-order valence-electron chi connectivity index (χ4n) is 1.80. The van der Waals surface area contributed by atoms with Crippen LogP contribution in [0.25, 0.3) is 9.40 Å². The van der Waals surface area contributed by atoms with Crippen LogP contribution < -0.4 is 0 Å². The van der Waals surface area contributed by atoms with Crippen molar-refractivity contribution in [2.45, 2.75) is 33.6 Å². The van der Waals surface area contributed by atoms with Crippen LogP contribution in [0.15, 0.2) is 5.38 Å². The fourth-order valence-corrected chi connectivity index (χ4v) is 4.22. The van der Waals surface area contributed by atoms with Gasteiger partial charge in [-0.15, -0.1) is 22.7 Å². The molecule has 0 aromatic carbocycles. The Morgan fingerprint density at radius 3 is 2.82 bits per heavy atom. The van der Waals surface area contributed by atoms with E-state index in [4.69, 9.17) is 4.74 Å². The van der Waals surface area contributed by atoms with Crippen molar-refractivity contribution in [1.29, 1.82) is 0 Å². The second-order valence-electron chi connectivity index (χ2n) is 4.13. The molecule has 17 heavy (non-hydrogen) atoms. The number of carbonyl (C=O) groups excluding carboxylic acids is 1. The standard InChI is InChI=1S/C13H16O2S2/c1-4-5-6-15-12(14)11-9(3)10-8(2)7-16-13(10)17-11/h7H,4-6H2,1-3H3. The van der Waals surface area contributed by atoms with Crippen molar-refractivity contribution in [2.75, 3.05) is 6.61 Å². The maximum Gasteiger partial charge on any atom is 0.348 e. The van der Waals surface area contributed by atoms with Crippen LogP contribution in [-0.2, 0) is 4.74 Å². The lowest BCUT2D eigenvalue weighted by atomic mass is 10.1. The van der Waals surface area contributed by atoms with Gasteiger partial charge in [0.05, 0.1) is 10.6 Å². The monoisotopic (exact) mass is 268 g/mol. The summed E-state index contributed by atoms with van der Waals surface area (Å²) in [6, 6.07) is 0. The van der Waals surface area contributed by atoms with Gasteiger partial charge in [0.1, 0.15) is 4.88 Å². The van der Waals surface area contributed by atoms with Crippen LogP contribution in [-0.4, -0.2) is 12.6 Å². The lowest BCUT2D eigenvalue weighted by Gasteiger charge is -2.02. The third-order valence-corrected chi connectivity index (χ3v) is 5.26. The molecule has 0 unspecified atom stereocenters. The minimum Gasteiger partial charge on any atom is -0.462 e. The van der Waals surface area contributed by atoms with Crippen molar-refractivity contribution in [3.63, 3.8) is 0 Å². The molecule has 0 atom stereocenters. The third-order valence-electron chi connectivity index (χ3n) is 2.77. The molecule has 0 fully saturated rings. The van der Waals surface area contributed by atoms with E-state index in [1.165, 1.54) is 15.0 Å². The SMILES string of the molecule is CCCCOC(=O)c1sc2scc(C)c2c1C. The third kappa shape index (κ3) is 2.38. The molecule has 0 saturated carbocycles. The van der Waals surface area contributed by atoms with Crippen LogP contribution in [0, 0.1) is 13.8 Å². The van der Waals surface area contributed by atoms with E-state index in [0.717, 1.165) is 23.3 Å². The normalized spacial score (nSPS) is 11.0. The molecule has 2 aromatic rings. The molecule has 0 aliphatic heterocycles. The zero-order valence-electron chi connectivity index (χ0n) is 10.3. The molecule has 0 N–H and O–H groups in total. The van der Waals surface area contributed by atoms with Crippen LogP contribution in [0.5, 0.6) is 0 Å². The largest absolute Gasteiger partial charge is 0.462 e. The lowest BCUT2D eigenvalue weighted by Crippen LogP contribution is -2.05. The highest BCUT2D eigenvalue weighted by Gasteiger charge is 2.18. The molecule has 0 radical (unpaired) electrons. The highest BCUT2D eigenvalue weighted by molar-refractivity contribution is 7.38.